The van der Waals surface area contributed by atoms with Gasteiger partial charge in [-0.2, -0.15) is 0 Å². The van der Waals surface area contributed by atoms with Crippen LogP contribution in [-0.2, 0) is 0 Å². The van der Waals surface area contributed by atoms with Gasteiger partial charge in [-0.1, -0.05) is 0 Å². The summed E-state index contributed by atoms with van der Waals surface area (Å²) in [4.78, 5) is 7.44. The zero-order valence-electron chi connectivity index (χ0n) is 4.55. The number of anilines is 1. The molecule has 0 saturated carbocycles. The number of aromatic nitrogens is 2. The van der Waals surface area contributed by atoms with Crippen molar-refractivity contribution < 1.29 is 0 Å². The fourth-order valence-corrected chi connectivity index (χ4v) is 0.425. The molecule has 0 atom stereocenters. The molecule has 1 rings (SSSR count). The van der Waals surface area contributed by atoms with Crippen LogP contribution in [0.5, 0.6) is 0 Å². The van der Waals surface area contributed by atoms with Crippen LogP contribution in [-0.4, -0.2) is 9.97 Å². The number of hydrogen-bond acceptors (Lipinski definition) is 3. The van der Waals surface area contributed by atoms with Gasteiger partial charge in [-0.25, -0.2) is 9.97 Å². The molecule has 0 unspecified atom stereocenters. The van der Waals surface area contributed by atoms with Crippen molar-refractivity contribution in [3.8, 4) is 0 Å². The van der Waals surface area contributed by atoms with Crippen LogP contribution < -0.4 is 5.73 Å². The van der Waals surface area contributed by atoms with Crippen molar-refractivity contribution in [2.45, 2.75) is 6.92 Å². The van der Waals surface area contributed by atoms with Crippen molar-refractivity contribution in [2.24, 2.45) is 0 Å². The number of nitrogens with two attached hydrogens (primary N) is 1. The average molecular weight is 108 g/mol. The summed E-state index contributed by atoms with van der Waals surface area (Å²) in [5.41, 5.74) is 5.99. The summed E-state index contributed by atoms with van der Waals surface area (Å²) in [6.45, 7) is 1.82. The van der Waals surface area contributed by atoms with Gasteiger partial charge in [-0.05, 0) is 6.92 Å². The number of hydrogen-bond donors (Lipinski definition) is 1. The van der Waals surface area contributed by atoms with E-state index in [-0.39, 0.29) is 0 Å². The summed E-state index contributed by atoms with van der Waals surface area (Å²) in [6, 6.07) is 2.77. The number of nitrogens with zero attached hydrogens (tertiary/aromatic N) is 2. The number of rotatable bonds is 0. The van der Waals surface area contributed by atoms with Crippen LogP contribution in [0.25, 0.3) is 0 Å². The first-order valence-electron chi connectivity index (χ1n) is 2.26. The lowest BCUT2D eigenvalue weighted by molar-refractivity contribution is 1.11. The van der Waals surface area contributed by atoms with E-state index in [4.69, 9.17) is 5.73 Å². The van der Waals surface area contributed by atoms with E-state index >= 15 is 0 Å². The molecule has 0 bridgehead atoms. The molecule has 0 aliphatic carbocycles. The molecular formula is C5H6N3. The topological polar surface area (TPSA) is 51.8 Å². The molecule has 3 heteroatoms. The number of aryl methyl sites for hydroxylation is 1. The number of nitrogen functional groups attached to an aromatic ring is 1. The van der Waals surface area contributed by atoms with Crippen LogP contribution >= 0.6 is 0 Å². The monoisotopic (exact) mass is 108 g/mol. The summed E-state index contributed by atoms with van der Waals surface area (Å²) >= 11 is 0. The van der Waals surface area contributed by atoms with Gasteiger partial charge >= 0.3 is 0 Å². The van der Waals surface area contributed by atoms with E-state index in [0.717, 1.165) is 5.69 Å². The van der Waals surface area contributed by atoms with Gasteiger partial charge in [-0.3, -0.25) is 0 Å². The molecule has 0 aromatic carbocycles. The Balaban J connectivity index is 3.08. The maximum absolute atomic E-state index is 5.22. The second kappa shape index (κ2) is 1.78. The molecular weight excluding hydrogens is 102 g/mol. The lowest BCUT2D eigenvalue weighted by Gasteiger charge is -1.88. The smallest absolute Gasteiger partial charge is 0.220 e. The Hall–Kier alpha value is -1.12. The molecule has 1 heterocycles. The first kappa shape index (κ1) is 5.03. The van der Waals surface area contributed by atoms with Crippen LogP contribution in [0.4, 0.5) is 5.95 Å². The molecule has 0 saturated heterocycles. The molecule has 1 aromatic rings. The molecule has 1 radical (unpaired) electrons. The minimum Gasteiger partial charge on any atom is -0.368 e. The summed E-state index contributed by atoms with van der Waals surface area (Å²) in [7, 11) is 0. The van der Waals surface area contributed by atoms with Gasteiger partial charge in [0, 0.05) is 12.3 Å². The Kier molecular flexibility index (Phi) is 1.12. The fraction of sp³-hybridized carbons (Fsp3) is 0.200. The third-order valence-corrected chi connectivity index (χ3v) is 0.753. The highest BCUT2D eigenvalue weighted by Crippen LogP contribution is 1.90. The van der Waals surface area contributed by atoms with E-state index in [1.165, 1.54) is 6.20 Å². The van der Waals surface area contributed by atoms with Crippen LogP contribution in [0, 0.1) is 13.0 Å². The largest absolute Gasteiger partial charge is 0.368 e. The highest BCUT2D eigenvalue weighted by atomic mass is 15.0. The van der Waals surface area contributed by atoms with Crippen molar-refractivity contribution >= 4 is 5.95 Å². The Labute approximate surface area is 47.6 Å². The summed E-state index contributed by atoms with van der Waals surface area (Å²) < 4.78 is 0. The SMILES string of the molecule is Cc1[c]cnc(N)n1. The van der Waals surface area contributed by atoms with Gasteiger partial charge in [0.1, 0.15) is 0 Å². The van der Waals surface area contributed by atoms with Crippen molar-refractivity contribution in [2.75, 3.05) is 5.73 Å². The van der Waals surface area contributed by atoms with Gasteiger partial charge in [0.05, 0.1) is 5.69 Å². The van der Waals surface area contributed by atoms with Gasteiger partial charge in [0.2, 0.25) is 5.95 Å². The second-order valence-corrected chi connectivity index (χ2v) is 1.46. The molecule has 41 valence electrons. The van der Waals surface area contributed by atoms with Gasteiger partial charge in [0.15, 0.2) is 0 Å². The van der Waals surface area contributed by atoms with E-state index in [9.17, 15) is 0 Å². The van der Waals surface area contributed by atoms with E-state index < -0.39 is 0 Å². The lowest BCUT2D eigenvalue weighted by atomic mass is 10.5. The van der Waals surface area contributed by atoms with Crippen molar-refractivity contribution in [3.05, 3.63) is 18.0 Å². The Morgan fingerprint density at radius 1 is 1.75 bits per heavy atom. The predicted octanol–water partition coefficient (Wildman–Crippen LogP) is 0.167. The molecule has 0 fully saturated rings. The van der Waals surface area contributed by atoms with E-state index in [1.807, 2.05) is 6.92 Å². The van der Waals surface area contributed by atoms with Gasteiger partial charge < -0.3 is 5.73 Å². The van der Waals surface area contributed by atoms with Crippen molar-refractivity contribution in [1.82, 2.24) is 9.97 Å². The van der Waals surface area contributed by atoms with Crippen LogP contribution in [0.15, 0.2) is 6.20 Å². The maximum atomic E-state index is 5.22. The van der Waals surface area contributed by atoms with Gasteiger partial charge in [0.25, 0.3) is 0 Å². The van der Waals surface area contributed by atoms with E-state index in [2.05, 4.69) is 16.0 Å². The quantitative estimate of drug-likeness (QED) is 0.515. The Morgan fingerprint density at radius 2 is 2.50 bits per heavy atom. The normalized spacial score (nSPS) is 9.12. The average Bonchev–Trinajstić information content (AvgIpc) is 1.64. The van der Waals surface area contributed by atoms with Crippen molar-refractivity contribution in [3.63, 3.8) is 0 Å². The minimum absolute atomic E-state index is 0.307. The first-order valence-corrected chi connectivity index (χ1v) is 2.26. The zero-order chi connectivity index (χ0) is 5.98. The summed E-state index contributed by atoms with van der Waals surface area (Å²) in [5, 5.41) is 0. The lowest BCUT2D eigenvalue weighted by Crippen LogP contribution is -1.94. The third kappa shape index (κ3) is 0.932. The Morgan fingerprint density at radius 3 is 2.88 bits per heavy atom. The highest BCUT2D eigenvalue weighted by Gasteiger charge is 1.84. The molecule has 0 amide bonds. The van der Waals surface area contributed by atoms with Crippen molar-refractivity contribution in [1.29, 1.82) is 0 Å². The maximum Gasteiger partial charge on any atom is 0.220 e. The summed E-state index contributed by atoms with van der Waals surface area (Å²) in [5.74, 6) is 0.307. The standard InChI is InChI=1S/C5H6N3/c1-4-2-3-7-5(6)8-4/h3H,1H3,(H2,6,7,8). The van der Waals surface area contributed by atoms with E-state index in [0.29, 0.717) is 5.95 Å². The Bertz CT molecular complexity index is 168. The minimum atomic E-state index is 0.307. The molecule has 3 nitrogen and oxygen atoms in total. The van der Waals surface area contributed by atoms with E-state index in [1.54, 1.807) is 0 Å². The molecule has 0 aliphatic heterocycles. The molecule has 2 N–H and O–H groups in total. The predicted molar refractivity (Wildman–Crippen MR) is 30.0 cm³/mol. The van der Waals surface area contributed by atoms with Crippen LogP contribution in [0.3, 0.4) is 0 Å². The fourth-order valence-electron chi connectivity index (χ4n) is 0.425. The first-order chi connectivity index (χ1) is 3.79. The van der Waals surface area contributed by atoms with Gasteiger partial charge in [-0.15, -0.1) is 0 Å². The summed E-state index contributed by atoms with van der Waals surface area (Å²) in [6.07, 6.45) is 1.51. The zero-order valence-corrected chi connectivity index (χ0v) is 4.55. The molecule has 0 spiro atoms. The molecule has 1 aromatic heterocycles. The highest BCUT2D eigenvalue weighted by molar-refractivity contribution is 5.15. The van der Waals surface area contributed by atoms with Crippen LogP contribution in [0.1, 0.15) is 5.69 Å². The molecule has 8 heavy (non-hydrogen) atoms. The van der Waals surface area contributed by atoms with Crippen LogP contribution in [0.2, 0.25) is 0 Å². The third-order valence-electron chi connectivity index (χ3n) is 0.753. The second-order valence-electron chi connectivity index (χ2n) is 1.46. The molecule has 0 aliphatic rings.